The summed E-state index contributed by atoms with van der Waals surface area (Å²) in [4.78, 5) is 6.44. The Bertz CT molecular complexity index is 395. The lowest BCUT2D eigenvalue weighted by Gasteiger charge is -2.23. The molecule has 0 fully saturated rings. The number of aromatic nitrogens is 1. The average molecular weight is 232 g/mol. The maximum Gasteiger partial charge on any atom is 0.128 e. The van der Waals surface area contributed by atoms with E-state index in [4.69, 9.17) is 11.0 Å². The Kier molecular flexibility index (Phi) is 4.92. The van der Waals surface area contributed by atoms with E-state index in [1.807, 2.05) is 26.0 Å². The molecule has 0 aliphatic rings. The molecule has 0 saturated carbocycles. The van der Waals surface area contributed by atoms with E-state index in [9.17, 15) is 0 Å². The number of rotatable bonds is 5. The minimum Gasteiger partial charge on any atom is -0.356 e. The predicted molar refractivity (Wildman–Crippen MR) is 69.5 cm³/mol. The summed E-state index contributed by atoms with van der Waals surface area (Å²) < 4.78 is 0. The molecule has 1 rings (SSSR count). The fourth-order valence-electron chi connectivity index (χ4n) is 1.65. The molecule has 0 radical (unpaired) electrons. The minimum atomic E-state index is -0.00398. The Labute approximate surface area is 103 Å². The summed E-state index contributed by atoms with van der Waals surface area (Å²) in [5, 5.41) is 8.85. The number of hydrogen-bond acceptors (Lipinski definition) is 4. The third kappa shape index (κ3) is 3.72. The summed E-state index contributed by atoms with van der Waals surface area (Å²) in [5.41, 5.74) is 6.92. The van der Waals surface area contributed by atoms with Crippen LogP contribution in [0.5, 0.6) is 0 Å². The summed E-state index contributed by atoms with van der Waals surface area (Å²) in [5.74, 6) is 0.889. The van der Waals surface area contributed by atoms with Crippen LogP contribution in [0.15, 0.2) is 18.3 Å². The third-order valence-corrected chi connectivity index (χ3v) is 2.72. The van der Waals surface area contributed by atoms with Crippen LogP contribution in [-0.2, 0) is 0 Å². The molecule has 1 aromatic heterocycles. The van der Waals surface area contributed by atoms with Crippen molar-refractivity contribution in [1.82, 2.24) is 4.98 Å². The minimum absolute atomic E-state index is 0.00356. The Balaban J connectivity index is 2.88. The molecule has 2 N–H and O–H groups in total. The van der Waals surface area contributed by atoms with E-state index >= 15 is 0 Å². The highest BCUT2D eigenvalue weighted by atomic mass is 15.2. The van der Waals surface area contributed by atoms with Crippen LogP contribution in [0.25, 0.3) is 0 Å². The van der Waals surface area contributed by atoms with Gasteiger partial charge in [0.15, 0.2) is 0 Å². The molecular formula is C13H20N4. The first-order valence-corrected chi connectivity index (χ1v) is 5.94. The molecule has 4 nitrogen and oxygen atoms in total. The summed E-state index contributed by atoms with van der Waals surface area (Å²) >= 11 is 0. The van der Waals surface area contributed by atoms with Crippen molar-refractivity contribution in [3.8, 4) is 6.07 Å². The number of nitrogens with two attached hydrogens (primary N) is 1. The molecule has 4 heteroatoms. The van der Waals surface area contributed by atoms with E-state index in [0.29, 0.717) is 6.54 Å². The van der Waals surface area contributed by atoms with Crippen LogP contribution in [-0.4, -0.2) is 18.1 Å². The zero-order valence-electron chi connectivity index (χ0n) is 10.7. The van der Waals surface area contributed by atoms with Gasteiger partial charge in [0.05, 0.1) is 12.0 Å². The van der Waals surface area contributed by atoms with Gasteiger partial charge in [-0.15, -0.1) is 0 Å². The quantitative estimate of drug-likeness (QED) is 0.844. The Morgan fingerprint density at radius 1 is 1.53 bits per heavy atom. The fourth-order valence-corrected chi connectivity index (χ4v) is 1.65. The summed E-state index contributed by atoms with van der Waals surface area (Å²) in [7, 11) is 0. The van der Waals surface area contributed by atoms with Crippen molar-refractivity contribution in [1.29, 1.82) is 5.26 Å². The van der Waals surface area contributed by atoms with E-state index in [0.717, 1.165) is 17.9 Å². The van der Waals surface area contributed by atoms with Crippen molar-refractivity contribution in [2.45, 2.75) is 26.8 Å². The second kappa shape index (κ2) is 6.21. The zero-order valence-corrected chi connectivity index (χ0v) is 10.7. The standard InChI is InChI=1S/C13H20N4/c1-4-17(9-10(2)8-14)13-7-12(11(3)15)5-6-16-13/h5-7,10-11H,4,9,15H2,1-3H3. The van der Waals surface area contributed by atoms with Crippen molar-refractivity contribution in [2.75, 3.05) is 18.0 Å². The van der Waals surface area contributed by atoms with Crippen LogP contribution < -0.4 is 10.6 Å². The molecule has 0 aromatic carbocycles. The van der Waals surface area contributed by atoms with Crippen LogP contribution in [0.3, 0.4) is 0 Å². The highest BCUT2D eigenvalue weighted by Crippen LogP contribution is 2.17. The van der Waals surface area contributed by atoms with Gasteiger partial charge in [-0.25, -0.2) is 4.98 Å². The van der Waals surface area contributed by atoms with Crippen LogP contribution in [0, 0.1) is 17.2 Å². The van der Waals surface area contributed by atoms with Gasteiger partial charge >= 0.3 is 0 Å². The molecule has 2 atom stereocenters. The topological polar surface area (TPSA) is 65.9 Å². The highest BCUT2D eigenvalue weighted by molar-refractivity contribution is 5.41. The van der Waals surface area contributed by atoms with Gasteiger partial charge in [0, 0.05) is 25.3 Å². The predicted octanol–water partition coefficient (Wildman–Crippen LogP) is 2.09. The molecule has 0 aliphatic carbocycles. The van der Waals surface area contributed by atoms with E-state index in [1.54, 1.807) is 6.20 Å². The second-order valence-corrected chi connectivity index (χ2v) is 4.30. The second-order valence-electron chi connectivity index (χ2n) is 4.30. The molecule has 0 spiro atoms. The fraction of sp³-hybridized carbons (Fsp3) is 0.538. The van der Waals surface area contributed by atoms with Crippen LogP contribution in [0.4, 0.5) is 5.82 Å². The smallest absolute Gasteiger partial charge is 0.128 e. The molecule has 2 unspecified atom stereocenters. The van der Waals surface area contributed by atoms with Crippen molar-refractivity contribution >= 4 is 5.82 Å². The van der Waals surface area contributed by atoms with Gasteiger partial charge in [0.2, 0.25) is 0 Å². The van der Waals surface area contributed by atoms with Gasteiger partial charge in [0.1, 0.15) is 5.82 Å². The molecular weight excluding hydrogens is 212 g/mol. The monoisotopic (exact) mass is 232 g/mol. The van der Waals surface area contributed by atoms with Crippen molar-refractivity contribution in [3.05, 3.63) is 23.9 Å². The SMILES string of the molecule is CCN(CC(C)C#N)c1cc(C(C)N)ccn1. The third-order valence-electron chi connectivity index (χ3n) is 2.72. The maximum absolute atomic E-state index is 8.85. The summed E-state index contributed by atoms with van der Waals surface area (Å²) in [6.45, 7) is 7.46. The number of hydrogen-bond donors (Lipinski definition) is 1. The Hall–Kier alpha value is -1.60. The molecule has 0 amide bonds. The lowest BCUT2D eigenvalue weighted by atomic mass is 10.1. The number of nitriles is 1. The molecule has 0 aliphatic heterocycles. The first kappa shape index (κ1) is 13.5. The molecule has 0 saturated heterocycles. The number of nitrogens with zero attached hydrogens (tertiary/aromatic N) is 3. The first-order valence-electron chi connectivity index (χ1n) is 5.94. The largest absolute Gasteiger partial charge is 0.356 e. The van der Waals surface area contributed by atoms with Gasteiger partial charge in [0.25, 0.3) is 0 Å². The van der Waals surface area contributed by atoms with E-state index in [-0.39, 0.29) is 12.0 Å². The van der Waals surface area contributed by atoms with Crippen molar-refractivity contribution < 1.29 is 0 Å². The highest BCUT2D eigenvalue weighted by Gasteiger charge is 2.11. The van der Waals surface area contributed by atoms with Crippen molar-refractivity contribution in [3.63, 3.8) is 0 Å². The zero-order chi connectivity index (χ0) is 12.8. The van der Waals surface area contributed by atoms with Crippen LogP contribution in [0.2, 0.25) is 0 Å². The molecule has 0 bridgehead atoms. The average Bonchev–Trinajstić information content (AvgIpc) is 2.35. The van der Waals surface area contributed by atoms with Crippen LogP contribution in [0.1, 0.15) is 32.4 Å². The van der Waals surface area contributed by atoms with Gasteiger partial charge in [-0.3, -0.25) is 0 Å². The molecule has 92 valence electrons. The lowest BCUT2D eigenvalue weighted by Crippen LogP contribution is -2.28. The normalized spacial score (nSPS) is 13.8. The molecule has 1 heterocycles. The number of pyridine rings is 1. The Morgan fingerprint density at radius 3 is 2.76 bits per heavy atom. The summed E-state index contributed by atoms with van der Waals surface area (Å²) in [6.07, 6.45) is 1.77. The van der Waals surface area contributed by atoms with Gasteiger partial charge < -0.3 is 10.6 Å². The Morgan fingerprint density at radius 2 is 2.24 bits per heavy atom. The van der Waals surface area contributed by atoms with E-state index in [2.05, 4.69) is 22.9 Å². The van der Waals surface area contributed by atoms with Gasteiger partial charge in [-0.2, -0.15) is 5.26 Å². The van der Waals surface area contributed by atoms with Crippen LogP contribution >= 0.6 is 0 Å². The van der Waals surface area contributed by atoms with E-state index in [1.165, 1.54) is 0 Å². The number of anilines is 1. The van der Waals surface area contributed by atoms with E-state index < -0.39 is 0 Å². The van der Waals surface area contributed by atoms with Gasteiger partial charge in [-0.1, -0.05) is 0 Å². The van der Waals surface area contributed by atoms with Gasteiger partial charge in [-0.05, 0) is 38.5 Å². The van der Waals surface area contributed by atoms with Crippen molar-refractivity contribution in [2.24, 2.45) is 11.7 Å². The lowest BCUT2D eigenvalue weighted by molar-refractivity contribution is 0.678. The molecule has 17 heavy (non-hydrogen) atoms. The summed E-state index contributed by atoms with van der Waals surface area (Å²) in [6, 6.07) is 6.17. The maximum atomic E-state index is 8.85. The first-order chi connectivity index (χ1) is 8.08. The molecule has 1 aromatic rings.